The highest BCUT2D eigenvalue weighted by Crippen LogP contribution is 1.99. The molecule has 6 N–H and O–H groups in total. The van der Waals surface area contributed by atoms with E-state index in [1.165, 1.54) is 0 Å². The van der Waals surface area contributed by atoms with Crippen molar-refractivity contribution >= 4 is 0 Å². The third kappa shape index (κ3) is 18.8. The summed E-state index contributed by atoms with van der Waals surface area (Å²) in [6.07, 6.45) is 11.5. The molecule has 0 heterocycles. The second-order valence-electron chi connectivity index (χ2n) is 3.33. The van der Waals surface area contributed by atoms with E-state index in [0.29, 0.717) is 11.4 Å². The van der Waals surface area contributed by atoms with E-state index >= 15 is 0 Å². The summed E-state index contributed by atoms with van der Waals surface area (Å²) in [5, 5.41) is 0. The van der Waals surface area contributed by atoms with Gasteiger partial charge in [0.05, 0.1) is 5.70 Å². The van der Waals surface area contributed by atoms with E-state index in [2.05, 4.69) is 6.58 Å². The van der Waals surface area contributed by atoms with Crippen LogP contribution in [0.25, 0.3) is 0 Å². The number of hydrogen-bond acceptors (Lipinski definition) is 3. The zero-order chi connectivity index (χ0) is 15.7. The van der Waals surface area contributed by atoms with Crippen molar-refractivity contribution in [2.45, 2.75) is 34.6 Å². The van der Waals surface area contributed by atoms with Gasteiger partial charge in [-0.15, -0.1) is 0 Å². The Morgan fingerprint density at radius 3 is 1.74 bits per heavy atom. The van der Waals surface area contributed by atoms with Gasteiger partial charge in [-0.2, -0.15) is 0 Å². The van der Waals surface area contributed by atoms with Crippen molar-refractivity contribution in [3.05, 3.63) is 60.0 Å². The van der Waals surface area contributed by atoms with Crippen LogP contribution in [0.5, 0.6) is 0 Å². The third-order valence-electron chi connectivity index (χ3n) is 1.79. The van der Waals surface area contributed by atoms with Crippen LogP contribution in [0, 0.1) is 0 Å². The molecule has 0 aromatic carbocycles. The topological polar surface area (TPSA) is 78.1 Å². The largest absolute Gasteiger partial charge is 0.399 e. The fourth-order valence-electron chi connectivity index (χ4n) is 0.737. The molecule has 0 saturated heterocycles. The lowest BCUT2D eigenvalue weighted by molar-refractivity contribution is 1.07. The summed E-state index contributed by atoms with van der Waals surface area (Å²) < 4.78 is 0. The molecule has 0 spiro atoms. The van der Waals surface area contributed by atoms with Gasteiger partial charge in [-0.05, 0) is 32.4 Å². The Morgan fingerprint density at radius 1 is 1.05 bits per heavy atom. The van der Waals surface area contributed by atoms with Crippen LogP contribution >= 0.6 is 0 Å². The van der Waals surface area contributed by atoms with E-state index in [0.717, 1.165) is 5.57 Å². The summed E-state index contributed by atoms with van der Waals surface area (Å²) in [7, 11) is 0. The van der Waals surface area contributed by atoms with Crippen LogP contribution in [0.4, 0.5) is 0 Å². The lowest BCUT2D eigenvalue weighted by Crippen LogP contribution is -2.16. The van der Waals surface area contributed by atoms with Crippen molar-refractivity contribution < 1.29 is 0 Å². The average Bonchev–Trinajstić information content (AvgIpc) is 2.46. The molecule has 0 aliphatic heterocycles. The monoisotopic (exact) mass is 265 g/mol. The minimum absolute atomic E-state index is 0.284. The Morgan fingerprint density at radius 2 is 1.47 bits per heavy atom. The van der Waals surface area contributed by atoms with Crippen LogP contribution in [0.3, 0.4) is 0 Å². The Hall–Kier alpha value is -1.74. The van der Waals surface area contributed by atoms with Crippen LogP contribution in [0.1, 0.15) is 34.6 Å². The summed E-state index contributed by atoms with van der Waals surface area (Å²) in [5.41, 5.74) is 18.3. The van der Waals surface area contributed by atoms with Gasteiger partial charge in [-0.1, -0.05) is 50.8 Å². The normalized spacial score (nSPS) is 12.2. The van der Waals surface area contributed by atoms with Gasteiger partial charge in [-0.25, -0.2) is 0 Å². The van der Waals surface area contributed by atoms with E-state index in [9.17, 15) is 0 Å². The Bertz CT molecular complexity index is 311. The lowest BCUT2D eigenvalue weighted by atomic mass is 10.2. The van der Waals surface area contributed by atoms with Crippen molar-refractivity contribution in [1.29, 1.82) is 0 Å². The van der Waals surface area contributed by atoms with Crippen molar-refractivity contribution in [3.63, 3.8) is 0 Å². The minimum Gasteiger partial charge on any atom is -0.399 e. The van der Waals surface area contributed by atoms with Crippen molar-refractivity contribution in [1.82, 2.24) is 0 Å². The van der Waals surface area contributed by atoms with Crippen LogP contribution in [0.15, 0.2) is 60.0 Å². The molecule has 0 aliphatic rings. The molecular weight excluding hydrogens is 234 g/mol. The van der Waals surface area contributed by atoms with Crippen molar-refractivity contribution in [2.75, 3.05) is 6.54 Å². The Balaban J connectivity index is -0.000000271. The summed E-state index contributed by atoms with van der Waals surface area (Å²) in [5.74, 6) is 0. The van der Waals surface area contributed by atoms with Crippen LogP contribution in [-0.2, 0) is 0 Å². The fraction of sp³-hybridized carbons (Fsp3) is 0.375. The highest BCUT2D eigenvalue weighted by atomic mass is 14.7. The molecule has 0 rings (SSSR count). The number of allylic oxidation sites excluding steroid dienone is 7. The molecule has 0 bridgehead atoms. The molecule has 0 amide bonds. The summed E-state index contributed by atoms with van der Waals surface area (Å²) in [6.45, 7) is 13.8. The van der Waals surface area contributed by atoms with Gasteiger partial charge in [0.25, 0.3) is 0 Å². The second-order valence-corrected chi connectivity index (χ2v) is 3.33. The molecule has 3 heteroatoms. The van der Waals surface area contributed by atoms with Gasteiger partial charge < -0.3 is 17.2 Å². The number of nitrogens with two attached hydrogens (primary N) is 3. The molecule has 0 unspecified atom stereocenters. The predicted octanol–water partition coefficient (Wildman–Crippen LogP) is 3.37. The summed E-state index contributed by atoms with van der Waals surface area (Å²) >= 11 is 0. The third-order valence-corrected chi connectivity index (χ3v) is 1.79. The number of rotatable bonds is 4. The van der Waals surface area contributed by atoms with Gasteiger partial charge >= 0.3 is 0 Å². The fourth-order valence-corrected chi connectivity index (χ4v) is 0.737. The number of hydrogen-bond donors (Lipinski definition) is 3. The van der Waals surface area contributed by atoms with E-state index in [1.807, 2.05) is 58.9 Å². The minimum atomic E-state index is 0.284. The van der Waals surface area contributed by atoms with E-state index in [4.69, 9.17) is 17.2 Å². The predicted molar refractivity (Wildman–Crippen MR) is 89.4 cm³/mol. The maximum Gasteiger partial charge on any atom is 0.0520 e. The standard InChI is InChI=1S/C8H15N3.C6H10.C2H6/c1-3-6(2)4-7(10)8(11)5-9;1-3-5-6-4-2;1-2/h3-4H,1,5,9-11H2,2H3;3-6H,1-2H3;1-2H3/b6-4-,8-7-;5-3-,6-4-;. The Kier molecular flexibility index (Phi) is 22.0. The molecule has 0 atom stereocenters. The van der Waals surface area contributed by atoms with Crippen LogP contribution in [0.2, 0.25) is 0 Å². The van der Waals surface area contributed by atoms with Gasteiger partial charge in [0.2, 0.25) is 0 Å². The summed E-state index contributed by atoms with van der Waals surface area (Å²) in [6, 6.07) is 0. The quantitative estimate of drug-likeness (QED) is 0.682. The van der Waals surface area contributed by atoms with Gasteiger partial charge in [0, 0.05) is 12.2 Å². The highest BCUT2D eigenvalue weighted by Gasteiger charge is 1.91. The van der Waals surface area contributed by atoms with Crippen molar-refractivity contribution in [3.8, 4) is 0 Å². The first-order valence-corrected chi connectivity index (χ1v) is 6.52. The maximum absolute atomic E-state index is 5.55. The zero-order valence-electron chi connectivity index (χ0n) is 13.1. The Labute approximate surface area is 119 Å². The molecule has 19 heavy (non-hydrogen) atoms. The molecule has 0 saturated carbocycles. The first-order valence-electron chi connectivity index (χ1n) is 6.52. The SMILES string of the molecule is C/C=C\C=C/C.C=C/C(C)=C\C(N)=C(\N)CN.CC. The van der Waals surface area contributed by atoms with E-state index < -0.39 is 0 Å². The second kappa shape index (κ2) is 18.6. The molecule has 110 valence electrons. The molecular formula is C16H31N3. The van der Waals surface area contributed by atoms with Crippen LogP contribution < -0.4 is 17.2 Å². The first kappa shape index (κ1) is 22.4. The zero-order valence-corrected chi connectivity index (χ0v) is 13.1. The van der Waals surface area contributed by atoms with Gasteiger partial charge in [0.15, 0.2) is 0 Å². The molecule has 0 fully saturated rings. The van der Waals surface area contributed by atoms with Crippen molar-refractivity contribution in [2.24, 2.45) is 17.2 Å². The first-order chi connectivity index (χ1) is 9.03. The highest BCUT2D eigenvalue weighted by molar-refractivity contribution is 5.28. The molecule has 3 nitrogen and oxygen atoms in total. The molecule has 0 aromatic rings. The molecule has 0 aliphatic carbocycles. The van der Waals surface area contributed by atoms with E-state index in [-0.39, 0.29) is 6.54 Å². The van der Waals surface area contributed by atoms with Gasteiger partial charge in [0.1, 0.15) is 0 Å². The lowest BCUT2D eigenvalue weighted by Gasteiger charge is -2.00. The average molecular weight is 265 g/mol. The molecule has 0 aromatic heterocycles. The van der Waals surface area contributed by atoms with E-state index in [1.54, 1.807) is 12.2 Å². The van der Waals surface area contributed by atoms with Crippen LogP contribution in [-0.4, -0.2) is 6.54 Å². The maximum atomic E-state index is 5.55. The molecule has 0 radical (unpaired) electrons. The smallest absolute Gasteiger partial charge is 0.0520 e. The summed E-state index contributed by atoms with van der Waals surface area (Å²) in [4.78, 5) is 0. The van der Waals surface area contributed by atoms with Gasteiger partial charge in [-0.3, -0.25) is 0 Å².